The first kappa shape index (κ1) is 57.3. The average Bonchev–Trinajstić information content (AvgIpc) is 1.71. The zero-order valence-corrected chi connectivity index (χ0v) is 51.2. The van der Waals surface area contributed by atoms with E-state index < -0.39 is 13.7 Å². The summed E-state index contributed by atoms with van der Waals surface area (Å²) in [6, 6.07) is 70.9. The molecule has 422 valence electrons. The van der Waals surface area contributed by atoms with E-state index in [4.69, 9.17) is 24.3 Å². The monoisotopic (exact) mass is 1160 g/mol. The van der Waals surface area contributed by atoms with Crippen molar-refractivity contribution in [3.05, 3.63) is 249 Å². The molecule has 0 atom stereocenters. The summed E-state index contributed by atoms with van der Waals surface area (Å²) >= 11 is 3.08. The van der Waals surface area contributed by atoms with Crippen LogP contribution in [0.2, 0.25) is 0 Å². The Labute approximate surface area is 513 Å². The van der Waals surface area contributed by atoms with Gasteiger partial charge in [0.25, 0.3) is 0 Å². The van der Waals surface area contributed by atoms with Crippen LogP contribution in [-0.4, -0.2) is 45.8 Å². The van der Waals surface area contributed by atoms with Crippen LogP contribution >= 0.6 is 22.7 Å². The molecule has 86 heavy (non-hydrogen) atoms. The Hall–Kier alpha value is -9.19. The number of nitrogens with zero attached hydrogens (tertiary/aromatic N) is 6. The lowest BCUT2D eigenvalue weighted by Crippen LogP contribution is -2.54. The van der Waals surface area contributed by atoms with Gasteiger partial charge in [0.2, 0.25) is 5.70 Å². The van der Waals surface area contributed by atoms with Crippen molar-refractivity contribution >= 4 is 101 Å². The lowest BCUT2D eigenvalue weighted by Gasteiger charge is -2.24. The molecule has 8 aromatic carbocycles. The topological polar surface area (TPSA) is 82.2 Å². The number of unbranched alkanes of at least 4 members (excludes halogenated alkanes) is 4. The Balaban J connectivity index is 1.38. The number of aromatic nitrogens is 4. The molecule has 4 aromatic heterocycles. The highest BCUT2D eigenvalue weighted by Gasteiger charge is 2.38. The molecule has 0 saturated heterocycles. The number of nitriles is 1. The van der Waals surface area contributed by atoms with E-state index in [1.165, 1.54) is 11.3 Å². The summed E-state index contributed by atoms with van der Waals surface area (Å²) in [5.74, 6) is 1.53. The third kappa shape index (κ3) is 11.2. The third-order valence-electron chi connectivity index (χ3n) is 16.5. The van der Waals surface area contributed by atoms with Crippen LogP contribution in [0, 0.1) is 45.6 Å². The van der Waals surface area contributed by atoms with E-state index in [2.05, 4.69) is 251 Å². The molecule has 12 aromatic rings. The second-order valence-electron chi connectivity index (χ2n) is 22.3. The van der Waals surface area contributed by atoms with Crippen LogP contribution in [0.4, 0.5) is 0 Å². The van der Waals surface area contributed by atoms with Gasteiger partial charge in [0, 0.05) is 27.5 Å². The fourth-order valence-electron chi connectivity index (χ4n) is 12.0. The molecule has 0 aliphatic heterocycles. The van der Waals surface area contributed by atoms with Gasteiger partial charge in [-0.05, 0) is 147 Å². The maximum absolute atomic E-state index is 12.5. The van der Waals surface area contributed by atoms with Gasteiger partial charge in [-0.1, -0.05) is 183 Å². The summed E-state index contributed by atoms with van der Waals surface area (Å²) in [7, 11) is 0. The van der Waals surface area contributed by atoms with E-state index in [-0.39, 0.29) is 0 Å². The molecule has 0 unspecified atom stereocenters. The summed E-state index contributed by atoms with van der Waals surface area (Å²) < 4.78 is 19.8. The standard InChI is InChI=1S/C74H66B2N6O2S2/c1-8-10-24-42-83-59-38-34-53(35-39-59)69-66-67(72(68(78-7)74-80-63-45-50(4)52(6)47-65(63)86-74)82(69)76(57-30-20-14-21-31-57)58-32-22-15-23-33-58)70(54-36-40-60(41-37-54)84-43-25-11-9-2)81(75(55-26-16-12-17-27-55)56-28-18-13-19-29-56)71(66)61(48-77)73-79-62-44-49(3)51(5)46-64(62)85-73/h12-23,26-41,44-47H,8-11,24-25,42-43H2,1-6H3/b71-61-,72-68?. The predicted molar refractivity (Wildman–Crippen MR) is 362 cm³/mol. The quantitative estimate of drug-likeness (QED) is 0.0431. The molecule has 12 rings (SSSR count). The molecule has 0 radical (unpaired) electrons. The maximum Gasteiger partial charge on any atom is 0.328 e. The zero-order chi connectivity index (χ0) is 59.3. The average molecular weight is 1160 g/mol. The SMILES string of the molecule is [C-]#[N+]C(c1nc2cc(C)c(C)cc2s1)=c1c2c(-c3ccc(OCCCCC)cc3)n(B(c3ccccc3)c3ccccc3)/c(=C(/C#N)c3nc4cc(C)c(C)cc4s3)c2c(-c2ccc(OCCCCC)cc2)n1B(c1ccccc1)c1ccccc1. The molecule has 0 aliphatic carbocycles. The second-order valence-corrected chi connectivity index (χ2v) is 24.3. The van der Waals surface area contributed by atoms with E-state index in [0.29, 0.717) is 45.2 Å². The summed E-state index contributed by atoms with van der Waals surface area (Å²) in [6.07, 6.45) is 6.25. The second kappa shape index (κ2) is 25.6. The van der Waals surface area contributed by atoms with Crippen molar-refractivity contribution in [2.45, 2.75) is 80.1 Å². The number of fused-ring (bicyclic) bond motifs is 3. The minimum absolute atomic E-state index is 0.395. The van der Waals surface area contributed by atoms with Gasteiger partial charge in [-0.2, -0.15) is 5.26 Å². The molecular weight excluding hydrogens is 1090 g/mol. The van der Waals surface area contributed by atoms with Gasteiger partial charge in [-0.25, -0.2) is 14.8 Å². The lowest BCUT2D eigenvalue weighted by atomic mass is 9.50. The molecule has 0 aliphatic rings. The molecular formula is C74H66B2N6O2S2. The van der Waals surface area contributed by atoms with Gasteiger partial charge in [0.1, 0.15) is 33.2 Å². The largest absolute Gasteiger partial charge is 0.494 e. The van der Waals surface area contributed by atoms with Crippen molar-refractivity contribution in [2.24, 2.45) is 0 Å². The van der Waals surface area contributed by atoms with Gasteiger partial charge in [0.15, 0.2) is 0 Å². The predicted octanol–water partition coefficient (Wildman–Crippen LogP) is 14.5. The first-order chi connectivity index (χ1) is 42.2. The fraction of sp³-hybridized carbons (Fsp3) is 0.189. The van der Waals surface area contributed by atoms with Crippen LogP contribution < -0.4 is 42.0 Å². The Bertz CT molecular complexity index is 4170. The Morgan fingerprint density at radius 1 is 0.500 bits per heavy atom. The molecule has 4 heterocycles. The van der Waals surface area contributed by atoms with Crippen molar-refractivity contribution in [1.29, 1.82) is 5.26 Å². The van der Waals surface area contributed by atoms with Crippen molar-refractivity contribution in [1.82, 2.24) is 18.9 Å². The summed E-state index contributed by atoms with van der Waals surface area (Å²) in [5, 5.41) is 16.7. The smallest absolute Gasteiger partial charge is 0.328 e. The van der Waals surface area contributed by atoms with Gasteiger partial charge in [0.05, 0.1) is 45.6 Å². The number of hydrogen-bond donors (Lipinski definition) is 0. The van der Waals surface area contributed by atoms with E-state index in [0.717, 1.165) is 148 Å². The first-order valence-corrected chi connectivity index (χ1v) is 31.6. The van der Waals surface area contributed by atoms with Crippen LogP contribution in [0.25, 0.3) is 69.8 Å². The van der Waals surface area contributed by atoms with Crippen molar-refractivity contribution in [2.75, 3.05) is 13.2 Å². The van der Waals surface area contributed by atoms with Crippen molar-refractivity contribution in [3.63, 3.8) is 0 Å². The molecule has 0 bridgehead atoms. The summed E-state index contributed by atoms with van der Waals surface area (Å²) in [4.78, 5) is 15.6. The number of hydrogen-bond acceptors (Lipinski definition) is 7. The van der Waals surface area contributed by atoms with Crippen molar-refractivity contribution < 1.29 is 9.47 Å². The third-order valence-corrected chi connectivity index (χ3v) is 18.6. The van der Waals surface area contributed by atoms with E-state index in [1.54, 1.807) is 11.3 Å². The first-order valence-electron chi connectivity index (χ1n) is 29.9. The lowest BCUT2D eigenvalue weighted by molar-refractivity contribution is 0.306. The summed E-state index contributed by atoms with van der Waals surface area (Å²) in [5.41, 5.74) is 14.5. The Morgan fingerprint density at radius 2 is 0.872 bits per heavy atom. The fourth-order valence-corrected chi connectivity index (χ4v) is 14.0. The number of benzene rings is 8. The van der Waals surface area contributed by atoms with Gasteiger partial charge < -0.3 is 18.4 Å². The minimum atomic E-state index is -0.515. The Morgan fingerprint density at radius 3 is 1.27 bits per heavy atom. The van der Waals surface area contributed by atoms with E-state index in [9.17, 15) is 11.8 Å². The molecule has 0 N–H and O–H groups in total. The highest BCUT2D eigenvalue weighted by Crippen LogP contribution is 2.39. The molecule has 8 nitrogen and oxygen atoms in total. The molecule has 12 heteroatoms. The van der Waals surface area contributed by atoms with Gasteiger partial charge >= 0.3 is 13.7 Å². The summed E-state index contributed by atoms with van der Waals surface area (Å²) in [6.45, 7) is 22.8. The molecule has 0 saturated carbocycles. The normalized spacial score (nSPS) is 12.1. The number of rotatable bonds is 20. The van der Waals surface area contributed by atoms with Gasteiger partial charge in [-0.15, -0.1) is 22.7 Å². The highest BCUT2D eigenvalue weighted by atomic mass is 32.1. The van der Waals surface area contributed by atoms with E-state index >= 15 is 0 Å². The molecule has 0 amide bonds. The van der Waals surface area contributed by atoms with Crippen LogP contribution in [0.1, 0.15) is 84.6 Å². The van der Waals surface area contributed by atoms with Crippen LogP contribution in [0.3, 0.4) is 0 Å². The maximum atomic E-state index is 12.5. The number of ether oxygens (including phenoxy) is 2. The number of aryl methyl sites for hydroxylation is 4. The van der Waals surface area contributed by atoms with Gasteiger partial charge in [-0.3, -0.25) is 0 Å². The Kier molecular flexibility index (Phi) is 17.0. The highest BCUT2D eigenvalue weighted by molar-refractivity contribution is 7.20. The van der Waals surface area contributed by atoms with E-state index in [1.807, 2.05) is 0 Å². The zero-order valence-electron chi connectivity index (χ0n) is 49.6. The van der Waals surface area contributed by atoms with Crippen LogP contribution in [-0.2, 0) is 0 Å². The van der Waals surface area contributed by atoms with Crippen molar-refractivity contribution in [3.8, 4) is 40.1 Å². The molecule has 0 spiro atoms. The minimum Gasteiger partial charge on any atom is -0.494 e. The molecule has 0 fully saturated rings. The number of thiazole rings is 2. The van der Waals surface area contributed by atoms with Crippen LogP contribution in [0.5, 0.6) is 11.5 Å². The van der Waals surface area contributed by atoms with Crippen LogP contribution in [0.15, 0.2) is 194 Å².